The van der Waals surface area contributed by atoms with E-state index in [-0.39, 0.29) is 0 Å². The SMILES string of the molecule is C[C@H](N)/C=C/S(=O)(=O)NC(=O)OC(C)(C)C. The summed E-state index contributed by atoms with van der Waals surface area (Å²) in [4.78, 5) is 11.1. The maximum Gasteiger partial charge on any atom is 0.421 e. The smallest absolute Gasteiger partial charge is 0.421 e. The average molecular weight is 250 g/mol. The lowest BCUT2D eigenvalue weighted by Gasteiger charge is -2.19. The average Bonchev–Trinajstić information content (AvgIpc) is 1.95. The Morgan fingerprint density at radius 3 is 2.31 bits per heavy atom. The number of sulfonamides is 1. The van der Waals surface area contributed by atoms with Gasteiger partial charge in [-0.15, -0.1) is 0 Å². The molecule has 0 unspecified atom stereocenters. The Hall–Kier alpha value is -1.08. The molecule has 0 saturated carbocycles. The molecule has 1 amide bonds. The molecule has 0 rings (SSSR count). The molecule has 0 radical (unpaired) electrons. The van der Waals surface area contributed by atoms with Gasteiger partial charge in [-0.2, -0.15) is 0 Å². The Labute approximate surface area is 95.9 Å². The van der Waals surface area contributed by atoms with Crippen molar-refractivity contribution in [1.82, 2.24) is 4.72 Å². The van der Waals surface area contributed by atoms with Gasteiger partial charge in [-0.3, -0.25) is 0 Å². The molecule has 0 fully saturated rings. The van der Waals surface area contributed by atoms with Crippen LogP contribution in [0.1, 0.15) is 27.7 Å². The first-order chi connectivity index (χ1) is 7.02. The lowest BCUT2D eigenvalue weighted by molar-refractivity contribution is 0.0571. The van der Waals surface area contributed by atoms with E-state index >= 15 is 0 Å². The first kappa shape index (κ1) is 14.9. The van der Waals surface area contributed by atoms with Crippen molar-refractivity contribution in [2.75, 3.05) is 0 Å². The van der Waals surface area contributed by atoms with Crippen LogP contribution in [-0.4, -0.2) is 26.2 Å². The molecule has 0 saturated heterocycles. The van der Waals surface area contributed by atoms with Gasteiger partial charge in [0.05, 0.1) is 0 Å². The fraction of sp³-hybridized carbons (Fsp3) is 0.667. The zero-order chi connectivity index (χ0) is 13.0. The van der Waals surface area contributed by atoms with Crippen molar-refractivity contribution in [2.24, 2.45) is 5.73 Å². The number of rotatable bonds is 3. The Kier molecular flexibility index (Phi) is 4.95. The van der Waals surface area contributed by atoms with E-state index in [0.717, 1.165) is 5.41 Å². The van der Waals surface area contributed by atoms with Gasteiger partial charge >= 0.3 is 6.09 Å². The van der Waals surface area contributed by atoms with Crippen LogP contribution in [0.25, 0.3) is 0 Å². The molecular weight excluding hydrogens is 232 g/mol. The molecule has 0 aromatic heterocycles. The van der Waals surface area contributed by atoms with E-state index in [1.165, 1.54) is 6.08 Å². The summed E-state index contributed by atoms with van der Waals surface area (Å²) in [5.41, 5.74) is 4.59. The van der Waals surface area contributed by atoms with Gasteiger partial charge in [0.15, 0.2) is 0 Å². The highest BCUT2D eigenvalue weighted by atomic mass is 32.2. The summed E-state index contributed by atoms with van der Waals surface area (Å²) in [5, 5.41) is 0.835. The maximum atomic E-state index is 11.3. The van der Waals surface area contributed by atoms with Gasteiger partial charge in [0, 0.05) is 11.4 Å². The highest BCUT2D eigenvalue weighted by Gasteiger charge is 2.19. The van der Waals surface area contributed by atoms with Crippen LogP contribution in [0.2, 0.25) is 0 Å². The first-order valence-electron chi connectivity index (χ1n) is 4.71. The Bertz CT molecular complexity index is 365. The number of nitrogens with two attached hydrogens (primary N) is 1. The molecule has 0 aromatic rings. The molecule has 6 nitrogen and oxygen atoms in total. The molecule has 94 valence electrons. The molecular formula is C9H18N2O4S. The third kappa shape index (κ3) is 8.25. The number of ether oxygens (including phenoxy) is 1. The van der Waals surface area contributed by atoms with Gasteiger partial charge in [-0.25, -0.2) is 17.9 Å². The molecule has 1 atom stereocenters. The number of carbonyl (C=O) groups is 1. The van der Waals surface area contributed by atoms with Gasteiger partial charge in [0.25, 0.3) is 10.0 Å². The topological polar surface area (TPSA) is 98.5 Å². The molecule has 0 aliphatic carbocycles. The normalized spacial score (nSPS) is 14.8. The molecule has 0 heterocycles. The van der Waals surface area contributed by atoms with E-state index in [4.69, 9.17) is 10.5 Å². The van der Waals surface area contributed by atoms with E-state index in [9.17, 15) is 13.2 Å². The number of carbonyl (C=O) groups excluding carboxylic acids is 1. The summed E-state index contributed by atoms with van der Waals surface area (Å²) in [6, 6.07) is -0.407. The van der Waals surface area contributed by atoms with Gasteiger partial charge < -0.3 is 10.5 Å². The highest BCUT2D eigenvalue weighted by Crippen LogP contribution is 2.07. The van der Waals surface area contributed by atoms with Gasteiger partial charge in [0.2, 0.25) is 0 Å². The lowest BCUT2D eigenvalue weighted by Crippen LogP contribution is -2.35. The second-order valence-corrected chi connectivity index (χ2v) is 5.90. The van der Waals surface area contributed by atoms with Crippen LogP contribution in [0.5, 0.6) is 0 Å². The third-order valence-electron chi connectivity index (χ3n) is 1.19. The summed E-state index contributed by atoms with van der Waals surface area (Å²) in [6.45, 7) is 6.52. The zero-order valence-corrected chi connectivity index (χ0v) is 10.7. The van der Waals surface area contributed by atoms with Gasteiger partial charge in [-0.05, 0) is 27.7 Å². The number of hydrogen-bond acceptors (Lipinski definition) is 5. The highest BCUT2D eigenvalue weighted by molar-refractivity contribution is 7.92. The Morgan fingerprint density at radius 1 is 1.44 bits per heavy atom. The van der Waals surface area contributed by atoms with E-state index in [0.29, 0.717) is 0 Å². The fourth-order valence-electron chi connectivity index (χ4n) is 0.676. The standard InChI is InChI=1S/C9H18N2O4S/c1-7(10)5-6-16(13,14)11-8(12)15-9(2,3)4/h5-7H,10H2,1-4H3,(H,11,12)/b6-5+/t7-/m0/s1. The largest absolute Gasteiger partial charge is 0.443 e. The second-order valence-electron chi connectivity index (χ2n) is 4.34. The van der Waals surface area contributed by atoms with Crippen molar-refractivity contribution in [3.05, 3.63) is 11.5 Å². The van der Waals surface area contributed by atoms with E-state index in [1.807, 2.05) is 0 Å². The number of amides is 1. The minimum atomic E-state index is -3.83. The number of nitrogens with one attached hydrogen (secondary N) is 1. The minimum absolute atomic E-state index is 0.407. The van der Waals surface area contributed by atoms with Crippen molar-refractivity contribution < 1.29 is 17.9 Å². The predicted octanol–water partition coefficient (Wildman–Crippen LogP) is 0.702. The van der Waals surface area contributed by atoms with Crippen LogP contribution < -0.4 is 10.5 Å². The molecule has 0 aliphatic heterocycles. The Balaban J connectivity index is 4.45. The van der Waals surface area contributed by atoms with Gasteiger partial charge in [0.1, 0.15) is 5.60 Å². The van der Waals surface area contributed by atoms with E-state index in [1.54, 1.807) is 32.4 Å². The van der Waals surface area contributed by atoms with Crippen LogP contribution in [0, 0.1) is 0 Å². The maximum absolute atomic E-state index is 11.3. The predicted molar refractivity (Wildman–Crippen MR) is 61.1 cm³/mol. The summed E-state index contributed by atoms with van der Waals surface area (Å²) >= 11 is 0. The third-order valence-corrected chi connectivity index (χ3v) is 2.15. The molecule has 16 heavy (non-hydrogen) atoms. The van der Waals surface area contributed by atoms with Crippen LogP contribution in [0.4, 0.5) is 4.79 Å². The van der Waals surface area contributed by atoms with Crippen LogP contribution in [-0.2, 0) is 14.8 Å². The molecule has 3 N–H and O–H groups in total. The summed E-state index contributed by atoms with van der Waals surface area (Å²) in [7, 11) is -3.83. The monoisotopic (exact) mass is 250 g/mol. The molecule has 0 aromatic carbocycles. The van der Waals surface area contributed by atoms with E-state index in [2.05, 4.69) is 0 Å². The van der Waals surface area contributed by atoms with Gasteiger partial charge in [-0.1, -0.05) is 6.08 Å². The minimum Gasteiger partial charge on any atom is -0.443 e. The van der Waals surface area contributed by atoms with Crippen molar-refractivity contribution in [1.29, 1.82) is 0 Å². The molecule has 0 aliphatic rings. The van der Waals surface area contributed by atoms with Crippen molar-refractivity contribution in [3.8, 4) is 0 Å². The van der Waals surface area contributed by atoms with Crippen LogP contribution >= 0.6 is 0 Å². The zero-order valence-electron chi connectivity index (χ0n) is 9.85. The van der Waals surface area contributed by atoms with Crippen LogP contribution in [0.15, 0.2) is 11.5 Å². The van der Waals surface area contributed by atoms with E-state index < -0.39 is 27.8 Å². The van der Waals surface area contributed by atoms with Crippen molar-refractivity contribution in [2.45, 2.75) is 39.3 Å². The summed E-state index contributed by atoms with van der Waals surface area (Å²) < 4.78 is 29.1. The molecule has 7 heteroatoms. The van der Waals surface area contributed by atoms with Crippen molar-refractivity contribution >= 4 is 16.1 Å². The molecule has 0 spiro atoms. The lowest BCUT2D eigenvalue weighted by atomic mass is 10.2. The van der Waals surface area contributed by atoms with Crippen LogP contribution in [0.3, 0.4) is 0 Å². The summed E-state index contributed by atoms with van der Waals surface area (Å²) in [5.74, 6) is 0. The Morgan fingerprint density at radius 2 is 1.94 bits per heavy atom. The second kappa shape index (κ2) is 5.31. The number of hydrogen-bond donors (Lipinski definition) is 2. The molecule has 0 bridgehead atoms. The first-order valence-corrected chi connectivity index (χ1v) is 6.26. The van der Waals surface area contributed by atoms with Crippen molar-refractivity contribution in [3.63, 3.8) is 0 Å². The quantitative estimate of drug-likeness (QED) is 0.768. The summed E-state index contributed by atoms with van der Waals surface area (Å²) in [6.07, 6.45) is 0.244. The fourth-order valence-corrected chi connectivity index (χ4v) is 1.47.